The lowest BCUT2D eigenvalue weighted by molar-refractivity contribution is -0.184. The first kappa shape index (κ1) is 13.7. The predicted molar refractivity (Wildman–Crippen MR) is 79.2 cm³/mol. The standard InChI is InChI=1S/C15H11BrN4O2/c16-10-3-1-9(2-4-10)11-13(7-17)12(19)20-15(14(11,13)8-18)21-5-6-22-15/h1-4,11H,5-6H2,(H2,19,20)/t11-,13-,14-/m0/s1. The average molecular weight is 359 g/mol. The van der Waals surface area contributed by atoms with Crippen LogP contribution in [0, 0.1) is 33.5 Å². The predicted octanol–water partition coefficient (Wildman–Crippen LogP) is 1.64. The molecule has 1 spiro atoms. The molecule has 2 aliphatic heterocycles. The summed E-state index contributed by atoms with van der Waals surface area (Å²) in [5, 5.41) is 19.7. The molecular weight excluding hydrogens is 348 g/mol. The highest BCUT2D eigenvalue weighted by Crippen LogP contribution is 2.82. The molecule has 110 valence electrons. The van der Waals surface area contributed by atoms with E-state index in [1.165, 1.54) is 0 Å². The summed E-state index contributed by atoms with van der Waals surface area (Å²) in [6, 6.07) is 12.0. The molecule has 0 bridgehead atoms. The maximum absolute atomic E-state index is 9.89. The Morgan fingerprint density at radius 2 is 1.82 bits per heavy atom. The number of benzene rings is 1. The quantitative estimate of drug-likeness (QED) is 0.821. The number of amidine groups is 1. The van der Waals surface area contributed by atoms with Crippen LogP contribution in [0.3, 0.4) is 0 Å². The van der Waals surface area contributed by atoms with Gasteiger partial charge in [-0.3, -0.25) is 0 Å². The first-order valence-electron chi connectivity index (χ1n) is 6.80. The van der Waals surface area contributed by atoms with E-state index in [0.717, 1.165) is 10.0 Å². The Morgan fingerprint density at radius 3 is 2.36 bits per heavy atom. The van der Waals surface area contributed by atoms with E-state index < -0.39 is 22.7 Å². The first-order valence-corrected chi connectivity index (χ1v) is 7.59. The van der Waals surface area contributed by atoms with Gasteiger partial charge in [0.05, 0.1) is 25.4 Å². The van der Waals surface area contributed by atoms with E-state index in [2.05, 4.69) is 33.1 Å². The fraction of sp³-hybridized carbons (Fsp3) is 0.400. The molecular formula is C15H11BrN4O2. The minimum atomic E-state index is -1.46. The second kappa shape index (κ2) is 4.08. The molecule has 0 radical (unpaired) electrons. The summed E-state index contributed by atoms with van der Waals surface area (Å²) < 4.78 is 12.2. The van der Waals surface area contributed by atoms with Crippen LogP contribution in [-0.2, 0) is 9.47 Å². The second-order valence-electron chi connectivity index (χ2n) is 5.60. The van der Waals surface area contributed by atoms with Gasteiger partial charge < -0.3 is 15.2 Å². The zero-order valence-corrected chi connectivity index (χ0v) is 13.0. The van der Waals surface area contributed by atoms with Crippen LogP contribution in [0.15, 0.2) is 33.7 Å². The van der Waals surface area contributed by atoms with Crippen molar-refractivity contribution in [3.63, 3.8) is 0 Å². The summed E-state index contributed by atoms with van der Waals surface area (Å²) in [4.78, 5) is 4.23. The molecule has 2 fully saturated rings. The zero-order valence-electron chi connectivity index (χ0n) is 11.4. The number of hydrogen-bond acceptors (Lipinski definition) is 6. The highest BCUT2D eigenvalue weighted by Gasteiger charge is 2.94. The number of nitrogens with zero attached hydrogens (tertiary/aromatic N) is 3. The monoisotopic (exact) mass is 358 g/mol. The van der Waals surface area contributed by atoms with Gasteiger partial charge in [-0.1, -0.05) is 28.1 Å². The van der Waals surface area contributed by atoms with Crippen LogP contribution in [0.4, 0.5) is 0 Å². The number of rotatable bonds is 1. The number of nitrogens with two attached hydrogens (primary N) is 1. The molecule has 1 aliphatic carbocycles. The third kappa shape index (κ3) is 1.21. The van der Waals surface area contributed by atoms with E-state index >= 15 is 0 Å². The van der Waals surface area contributed by atoms with Crippen LogP contribution in [0.25, 0.3) is 0 Å². The Hall–Kier alpha value is -1.93. The molecule has 3 atom stereocenters. The Morgan fingerprint density at radius 1 is 1.18 bits per heavy atom. The lowest BCUT2D eigenvalue weighted by Crippen LogP contribution is -2.38. The molecule has 1 saturated heterocycles. The van der Waals surface area contributed by atoms with Crippen LogP contribution in [0.2, 0.25) is 0 Å². The summed E-state index contributed by atoms with van der Waals surface area (Å²) in [5.41, 5.74) is 4.47. The SMILES string of the molecule is N#C[C@]12C(N)=NC3(OCCO3)[C@@]1(C#N)[C@H]2c1ccc(Br)cc1. The van der Waals surface area contributed by atoms with E-state index in [1.54, 1.807) is 0 Å². The van der Waals surface area contributed by atoms with E-state index in [4.69, 9.17) is 15.2 Å². The molecule has 4 rings (SSSR count). The highest BCUT2D eigenvalue weighted by atomic mass is 79.9. The molecule has 0 amide bonds. The lowest BCUT2D eigenvalue weighted by atomic mass is 9.94. The maximum atomic E-state index is 9.89. The van der Waals surface area contributed by atoms with Gasteiger partial charge in [0, 0.05) is 10.4 Å². The Kier molecular flexibility index (Phi) is 2.54. The Balaban J connectivity index is 1.92. The van der Waals surface area contributed by atoms with Crippen molar-refractivity contribution in [3.05, 3.63) is 34.3 Å². The Bertz CT molecular complexity index is 772. The molecule has 2 N–H and O–H groups in total. The van der Waals surface area contributed by atoms with Crippen molar-refractivity contribution in [2.75, 3.05) is 13.2 Å². The Labute approximate surface area is 135 Å². The summed E-state index contributed by atoms with van der Waals surface area (Å²) in [6.07, 6.45) is 0. The zero-order chi connectivity index (χ0) is 15.6. The third-order valence-corrected chi connectivity index (χ3v) is 5.34. The minimum absolute atomic E-state index is 0.117. The third-order valence-electron chi connectivity index (χ3n) is 4.81. The largest absolute Gasteiger partial charge is 0.386 e. The van der Waals surface area contributed by atoms with E-state index in [9.17, 15) is 10.5 Å². The number of halogens is 1. The smallest absolute Gasteiger partial charge is 0.293 e. The van der Waals surface area contributed by atoms with Crippen molar-refractivity contribution in [2.24, 2.45) is 21.6 Å². The van der Waals surface area contributed by atoms with Gasteiger partial charge in [-0.05, 0) is 17.7 Å². The van der Waals surface area contributed by atoms with Gasteiger partial charge in [0.25, 0.3) is 5.91 Å². The number of ether oxygens (including phenoxy) is 2. The van der Waals surface area contributed by atoms with E-state index in [-0.39, 0.29) is 5.84 Å². The van der Waals surface area contributed by atoms with Crippen molar-refractivity contribution in [1.82, 2.24) is 0 Å². The normalized spacial score (nSPS) is 37.2. The van der Waals surface area contributed by atoms with Gasteiger partial charge >= 0.3 is 0 Å². The van der Waals surface area contributed by atoms with Crippen LogP contribution in [-0.4, -0.2) is 25.0 Å². The molecule has 1 aromatic rings. The molecule has 2 heterocycles. The van der Waals surface area contributed by atoms with Gasteiger partial charge in [0.1, 0.15) is 11.3 Å². The van der Waals surface area contributed by atoms with Gasteiger partial charge in [0.2, 0.25) is 0 Å². The van der Waals surface area contributed by atoms with Crippen molar-refractivity contribution < 1.29 is 9.47 Å². The fourth-order valence-corrected chi connectivity index (χ4v) is 4.14. The highest BCUT2D eigenvalue weighted by molar-refractivity contribution is 9.10. The molecule has 6 nitrogen and oxygen atoms in total. The van der Waals surface area contributed by atoms with Crippen molar-refractivity contribution in [2.45, 2.75) is 11.8 Å². The fourth-order valence-electron chi connectivity index (χ4n) is 3.87. The molecule has 7 heteroatoms. The molecule has 1 aromatic carbocycles. The van der Waals surface area contributed by atoms with E-state index in [1.807, 2.05) is 24.3 Å². The molecule has 3 aliphatic rings. The molecule has 22 heavy (non-hydrogen) atoms. The summed E-state index contributed by atoms with van der Waals surface area (Å²) in [6.45, 7) is 0.656. The van der Waals surface area contributed by atoms with Crippen LogP contribution in [0.5, 0.6) is 0 Å². The average Bonchev–Trinajstić information content (AvgIpc) is 2.77. The van der Waals surface area contributed by atoms with Gasteiger partial charge in [-0.15, -0.1) is 0 Å². The van der Waals surface area contributed by atoms with Gasteiger partial charge in [-0.2, -0.15) is 10.5 Å². The maximum Gasteiger partial charge on any atom is 0.293 e. The summed E-state index contributed by atoms with van der Waals surface area (Å²) in [7, 11) is 0. The lowest BCUT2D eigenvalue weighted by Gasteiger charge is -2.25. The molecule has 0 unspecified atom stereocenters. The minimum Gasteiger partial charge on any atom is -0.386 e. The van der Waals surface area contributed by atoms with Gasteiger partial charge in [0.15, 0.2) is 5.41 Å². The number of fused-ring (bicyclic) bond motifs is 2. The van der Waals surface area contributed by atoms with E-state index in [0.29, 0.717) is 13.2 Å². The van der Waals surface area contributed by atoms with Crippen molar-refractivity contribution in [1.29, 1.82) is 10.5 Å². The molecule has 1 saturated carbocycles. The first-order chi connectivity index (χ1) is 10.6. The van der Waals surface area contributed by atoms with Crippen LogP contribution in [0.1, 0.15) is 11.5 Å². The van der Waals surface area contributed by atoms with Crippen molar-refractivity contribution in [3.8, 4) is 12.1 Å². The topological polar surface area (TPSA) is 104 Å². The summed E-state index contributed by atoms with van der Waals surface area (Å²) in [5.74, 6) is -1.76. The number of hydrogen-bond donors (Lipinski definition) is 1. The van der Waals surface area contributed by atoms with Crippen LogP contribution >= 0.6 is 15.9 Å². The number of aliphatic imine (C=N–C) groups is 1. The summed E-state index contributed by atoms with van der Waals surface area (Å²) >= 11 is 3.38. The second-order valence-corrected chi connectivity index (χ2v) is 6.52. The number of nitriles is 2. The molecule has 0 aromatic heterocycles. The van der Waals surface area contributed by atoms with Gasteiger partial charge in [-0.25, -0.2) is 4.99 Å². The van der Waals surface area contributed by atoms with Crippen molar-refractivity contribution >= 4 is 21.8 Å². The van der Waals surface area contributed by atoms with Crippen LogP contribution < -0.4 is 5.73 Å².